The van der Waals surface area contributed by atoms with Gasteiger partial charge in [-0.15, -0.1) is 0 Å². The zero-order chi connectivity index (χ0) is 18.4. The quantitative estimate of drug-likeness (QED) is 0.737. The van der Waals surface area contributed by atoms with Crippen molar-refractivity contribution in [3.63, 3.8) is 0 Å². The first-order valence-electron chi connectivity index (χ1n) is 8.18. The van der Waals surface area contributed by atoms with Gasteiger partial charge < -0.3 is 10.1 Å². The van der Waals surface area contributed by atoms with Crippen LogP contribution in [0, 0.1) is 0 Å². The number of nitrogens with zero attached hydrogens (tertiary/aromatic N) is 3. The molecule has 0 atom stereocenters. The standard InChI is InChI=1S/C19H18N4O3/c1-2-26-15-8-6-14(7-9-15)16-10-11-19(25)23(22-16)13-18(24)21-17-5-3-4-12-20-17/h3-12H,2,13H2,1H3,(H,20,21,24). The highest BCUT2D eigenvalue weighted by Crippen LogP contribution is 2.19. The van der Waals surface area contributed by atoms with E-state index in [2.05, 4.69) is 15.4 Å². The molecule has 0 aliphatic carbocycles. The summed E-state index contributed by atoms with van der Waals surface area (Å²) in [6.45, 7) is 2.31. The summed E-state index contributed by atoms with van der Waals surface area (Å²) < 4.78 is 6.54. The van der Waals surface area contributed by atoms with Gasteiger partial charge >= 0.3 is 0 Å². The van der Waals surface area contributed by atoms with Gasteiger partial charge in [0.1, 0.15) is 18.1 Å². The number of nitrogens with one attached hydrogen (secondary N) is 1. The molecule has 0 fully saturated rings. The van der Waals surface area contributed by atoms with Crippen molar-refractivity contribution in [3.8, 4) is 17.0 Å². The van der Waals surface area contributed by atoms with E-state index in [-0.39, 0.29) is 18.0 Å². The van der Waals surface area contributed by atoms with Gasteiger partial charge in [0, 0.05) is 17.8 Å². The molecule has 0 aliphatic rings. The second-order valence-corrected chi connectivity index (χ2v) is 5.44. The third-order valence-corrected chi connectivity index (χ3v) is 3.55. The van der Waals surface area contributed by atoms with E-state index >= 15 is 0 Å². The van der Waals surface area contributed by atoms with Gasteiger partial charge in [-0.3, -0.25) is 9.59 Å². The fourth-order valence-electron chi connectivity index (χ4n) is 2.36. The minimum absolute atomic E-state index is 0.194. The van der Waals surface area contributed by atoms with Crippen LogP contribution >= 0.6 is 0 Å². The van der Waals surface area contributed by atoms with E-state index in [1.165, 1.54) is 6.07 Å². The second kappa shape index (κ2) is 8.06. The summed E-state index contributed by atoms with van der Waals surface area (Å²) in [7, 11) is 0. The van der Waals surface area contributed by atoms with E-state index < -0.39 is 0 Å². The van der Waals surface area contributed by atoms with E-state index in [0.717, 1.165) is 16.0 Å². The summed E-state index contributed by atoms with van der Waals surface area (Å²) >= 11 is 0. The molecule has 1 amide bonds. The Kier molecular flexibility index (Phi) is 5.38. The first-order valence-corrected chi connectivity index (χ1v) is 8.18. The van der Waals surface area contributed by atoms with Crippen molar-refractivity contribution in [3.05, 3.63) is 71.1 Å². The third kappa shape index (κ3) is 4.32. The first kappa shape index (κ1) is 17.3. The number of benzene rings is 1. The Hall–Kier alpha value is -3.48. The van der Waals surface area contributed by atoms with Crippen LogP contribution < -0.4 is 15.6 Å². The Morgan fingerprint density at radius 3 is 2.62 bits per heavy atom. The lowest BCUT2D eigenvalue weighted by Gasteiger charge is -2.08. The molecule has 2 heterocycles. The van der Waals surface area contributed by atoms with Crippen molar-refractivity contribution in [2.45, 2.75) is 13.5 Å². The van der Waals surface area contributed by atoms with Gasteiger partial charge in [0.05, 0.1) is 12.3 Å². The van der Waals surface area contributed by atoms with Crippen LogP contribution in [0.1, 0.15) is 6.92 Å². The maximum Gasteiger partial charge on any atom is 0.267 e. The summed E-state index contributed by atoms with van der Waals surface area (Å²) in [5, 5.41) is 6.91. The highest BCUT2D eigenvalue weighted by molar-refractivity contribution is 5.89. The molecule has 3 rings (SSSR count). The lowest BCUT2D eigenvalue weighted by Crippen LogP contribution is -2.29. The van der Waals surface area contributed by atoms with Crippen LogP contribution in [0.5, 0.6) is 5.75 Å². The van der Waals surface area contributed by atoms with Crippen molar-refractivity contribution >= 4 is 11.7 Å². The summed E-state index contributed by atoms with van der Waals surface area (Å²) in [6, 6.07) is 15.6. The molecule has 0 radical (unpaired) electrons. The van der Waals surface area contributed by atoms with E-state index in [1.54, 1.807) is 30.5 Å². The van der Waals surface area contributed by atoms with Crippen LogP contribution in [0.2, 0.25) is 0 Å². The average molecular weight is 350 g/mol. The fraction of sp³-hybridized carbons (Fsp3) is 0.158. The minimum atomic E-state index is -0.373. The number of amides is 1. The largest absolute Gasteiger partial charge is 0.494 e. The van der Waals surface area contributed by atoms with Crippen molar-refractivity contribution in [1.29, 1.82) is 0 Å². The molecule has 1 aromatic carbocycles. The van der Waals surface area contributed by atoms with Crippen molar-refractivity contribution in [1.82, 2.24) is 14.8 Å². The summed E-state index contributed by atoms with van der Waals surface area (Å²) in [6.07, 6.45) is 1.58. The molecule has 1 N–H and O–H groups in total. The van der Waals surface area contributed by atoms with Gasteiger partial charge in [-0.25, -0.2) is 9.67 Å². The van der Waals surface area contributed by atoms with Crippen LogP contribution in [0.25, 0.3) is 11.3 Å². The van der Waals surface area contributed by atoms with Gasteiger partial charge in [-0.2, -0.15) is 5.10 Å². The molecule has 2 aromatic heterocycles. The Bertz CT molecular complexity index is 937. The molecule has 3 aromatic rings. The Morgan fingerprint density at radius 1 is 1.12 bits per heavy atom. The number of hydrogen-bond donors (Lipinski definition) is 1. The van der Waals surface area contributed by atoms with Gasteiger partial charge in [0.2, 0.25) is 5.91 Å². The molecule has 0 spiro atoms. The molecule has 0 bridgehead atoms. The van der Waals surface area contributed by atoms with Gasteiger partial charge in [-0.05, 0) is 49.4 Å². The fourth-order valence-corrected chi connectivity index (χ4v) is 2.36. The summed E-state index contributed by atoms with van der Waals surface area (Å²) in [5.41, 5.74) is 1.07. The van der Waals surface area contributed by atoms with Crippen LogP contribution in [-0.4, -0.2) is 27.3 Å². The number of aromatic nitrogens is 3. The number of carbonyl (C=O) groups is 1. The predicted molar refractivity (Wildman–Crippen MR) is 98.0 cm³/mol. The molecular formula is C19H18N4O3. The van der Waals surface area contributed by atoms with E-state index in [9.17, 15) is 9.59 Å². The molecule has 7 heteroatoms. The predicted octanol–water partition coefficient (Wildman–Crippen LogP) is 2.34. The topological polar surface area (TPSA) is 86.1 Å². The molecule has 0 saturated carbocycles. The summed E-state index contributed by atoms with van der Waals surface area (Å²) in [5.74, 6) is 0.815. The first-order chi connectivity index (χ1) is 12.7. The number of hydrogen-bond acceptors (Lipinski definition) is 5. The smallest absolute Gasteiger partial charge is 0.267 e. The number of pyridine rings is 1. The van der Waals surface area contributed by atoms with Crippen molar-refractivity contribution in [2.75, 3.05) is 11.9 Å². The number of anilines is 1. The molecule has 7 nitrogen and oxygen atoms in total. The van der Waals surface area contributed by atoms with E-state index in [0.29, 0.717) is 18.1 Å². The third-order valence-electron chi connectivity index (χ3n) is 3.55. The number of carbonyl (C=O) groups excluding carboxylic acids is 1. The second-order valence-electron chi connectivity index (χ2n) is 5.44. The van der Waals surface area contributed by atoms with Gasteiger partial charge in [-0.1, -0.05) is 6.07 Å². The zero-order valence-corrected chi connectivity index (χ0v) is 14.3. The molecule has 26 heavy (non-hydrogen) atoms. The number of rotatable bonds is 6. The van der Waals surface area contributed by atoms with E-state index in [1.807, 2.05) is 31.2 Å². The van der Waals surface area contributed by atoms with E-state index in [4.69, 9.17) is 4.74 Å². The normalized spacial score (nSPS) is 10.3. The van der Waals surface area contributed by atoms with Gasteiger partial charge in [0.15, 0.2) is 0 Å². The zero-order valence-electron chi connectivity index (χ0n) is 14.3. The lowest BCUT2D eigenvalue weighted by molar-refractivity contribution is -0.117. The average Bonchev–Trinajstić information content (AvgIpc) is 2.65. The van der Waals surface area contributed by atoms with Crippen LogP contribution in [0.4, 0.5) is 5.82 Å². The van der Waals surface area contributed by atoms with Crippen LogP contribution in [-0.2, 0) is 11.3 Å². The number of ether oxygens (including phenoxy) is 1. The molecule has 0 saturated heterocycles. The van der Waals surface area contributed by atoms with Crippen molar-refractivity contribution in [2.24, 2.45) is 0 Å². The molecule has 0 unspecified atom stereocenters. The molecule has 0 aliphatic heterocycles. The Morgan fingerprint density at radius 2 is 1.92 bits per heavy atom. The maximum atomic E-state index is 12.1. The van der Waals surface area contributed by atoms with Crippen molar-refractivity contribution < 1.29 is 9.53 Å². The monoisotopic (exact) mass is 350 g/mol. The van der Waals surface area contributed by atoms with Gasteiger partial charge in [0.25, 0.3) is 5.56 Å². The molecular weight excluding hydrogens is 332 g/mol. The highest BCUT2D eigenvalue weighted by atomic mass is 16.5. The minimum Gasteiger partial charge on any atom is -0.494 e. The van der Waals surface area contributed by atoms with Crippen LogP contribution in [0.3, 0.4) is 0 Å². The Balaban J connectivity index is 1.77. The summed E-state index contributed by atoms with van der Waals surface area (Å²) in [4.78, 5) is 28.2. The highest BCUT2D eigenvalue weighted by Gasteiger charge is 2.09. The van der Waals surface area contributed by atoms with Crippen LogP contribution in [0.15, 0.2) is 65.6 Å². The molecule has 132 valence electrons. The Labute approximate surface area is 150 Å². The maximum absolute atomic E-state index is 12.1. The lowest BCUT2D eigenvalue weighted by atomic mass is 10.1. The SMILES string of the molecule is CCOc1ccc(-c2ccc(=O)n(CC(=O)Nc3ccccn3)n2)cc1.